The van der Waals surface area contributed by atoms with E-state index >= 15 is 0 Å². The highest BCUT2D eigenvalue weighted by Crippen LogP contribution is 2.25. The van der Waals surface area contributed by atoms with Gasteiger partial charge in [-0.1, -0.05) is 0 Å². The molecule has 0 aliphatic carbocycles. The van der Waals surface area contributed by atoms with Crippen LogP contribution in [-0.2, 0) is 14.2 Å². The lowest BCUT2D eigenvalue weighted by molar-refractivity contribution is -0.00461. The van der Waals surface area contributed by atoms with E-state index in [1.165, 1.54) is 7.11 Å². The number of nitrogens with zero attached hydrogens (tertiary/aromatic N) is 3. The summed E-state index contributed by atoms with van der Waals surface area (Å²) in [7, 11) is 5.44. The molecule has 2 saturated heterocycles. The molecular formula is C16H23N3O4. The Morgan fingerprint density at radius 2 is 1.91 bits per heavy atom. The predicted molar refractivity (Wildman–Crippen MR) is 84.7 cm³/mol. The van der Waals surface area contributed by atoms with Crippen LogP contribution in [0.4, 0.5) is 5.82 Å². The van der Waals surface area contributed by atoms with Gasteiger partial charge in [0.15, 0.2) is 0 Å². The number of methoxy groups -OCH3 is 1. The maximum absolute atomic E-state index is 11.5. The summed E-state index contributed by atoms with van der Waals surface area (Å²) in [5.74, 6) is 0.444. The largest absolute Gasteiger partial charge is 0.465 e. The molecule has 3 heterocycles. The lowest BCUT2D eigenvalue weighted by Gasteiger charge is -2.23. The van der Waals surface area contributed by atoms with Crippen molar-refractivity contribution in [2.24, 2.45) is 0 Å². The molecule has 0 aromatic carbocycles. The molecule has 1 aromatic rings. The second-order valence-corrected chi connectivity index (χ2v) is 6.16. The SMILES string of the molecule is COC(=O)c1ccc(N2C[C@@H]3OCC(N(C)C)CO[C@H]3C2)nc1. The molecule has 23 heavy (non-hydrogen) atoms. The molecule has 2 atom stereocenters. The summed E-state index contributed by atoms with van der Waals surface area (Å²) in [6.07, 6.45) is 1.66. The number of rotatable bonds is 3. The zero-order valence-corrected chi connectivity index (χ0v) is 13.8. The zero-order chi connectivity index (χ0) is 16.4. The Bertz CT molecular complexity index is 533. The number of likely N-dealkylation sites (N-methyl/N-ethyl adjacent to an activating group) is 1. The van der Waals surface area contributed by atoms with Gasteiger partial charge in [-0.25, -0.2) is 9.78 Å². The van der Waals surface area contributed by atoms with Crippen molar-refractivity contribution in [3.05, 3.63) is 23.9 Å². The maximum atomic E-state index is 11.5. The molecule has 7 heteroatoms. The molecule has 0 bridgehead atoms. The van der Waals surface area contributed by atoms with Crippen LogP contribution < -0.4 is 4.90 Å². The van der Waals surface area contributed by atoms with Gasteiger partial charge in [-0.3, -0.25) is 0 Å². The molecule has 1 aromatic heterocycles. The first-order valence-corrected chi connectivity index (χ1v) is 7.77. The number of aromatic nitrogens is 1. The summed E-state index contributed by atoms with van der Waals surface area (Å²) in [4.78, 5) is 20.1. The Morgan fingerprint density at radius 1 is 1.26 bits per heavy atom. The minimum atomic E-state index is -0.378. The first-order chi connectivity index (χ1) is 11.1. The van der Waals surface area contributed by atoms with Crippen LogP contribution in [-0.4, -0.2) is 81.6 Å². The average molecular weight is 321 g/mol. The van der Waals surface area contributed by atoms with Crippen molar-refractivity contribution < 1.29 is 19.0 Å². The molecular weight excluding hydrogens is 298 g/mol. The van der Waals surface area contributed by atoms with E-state index in [2.05, 4.69) is 19.5 Å². The van der Waals surface area contributed by atoms with Crippen LogP contribution in [0.5, 0.6) is 0 Å². The summed E-state index contributed by atoms with van der Waals surface area (Å²) in [6.45, 7) is 2.85. The van der Waals surface area contributed by atoms with E-state index in [4.69, 9.17) is 9.47 Å². The topological polar surface area (TPSA) is 64.1 Å². The lowest BCUT2D eigenvalue weighted by Crippen LogP contribution is -2.36. The summed E-state index contributed by atoms with van der Waals surface area (Å²) < 4.78 is 16.7. The van der Waals surface area contributed by atoms with Crippen LogP contribution in [0.25, 0.3) is 0 Å². The first kappa shape index (κ1) is 16.2. The number of anilines is 1. The van der Waals surface area contributed by atoms with E-state index in [0.717, 1.165) is 18.9 Å². The van der Waals surface area contributed by atoms with E-state index in [0.29, 0.717) is 24.8 Å². The Kier molecular flexibility index (Phi) is 4.79. The smallest absolute Gasteiger partial charge is 0.339 e. The summed E-state index contributed by atoms with van der Waals surface area (Å²) in [5.41, 5.74) is 0.450. The van der Waals surface area contributed by atoms with Crippen LogP contribution >= 0.6 is 0 Å². The minimum Gasteiger partial charge on any atom is -0.465 e. The van der Waals surface area contributed by atoms with Crippen molar-refractivity contribution in [3.63, 3.8) is 0 Å². The molecule has 3 rings (SSSR count). The number of fused-ring (bicyclic) bond motifs is 1. The van der Waals surface area contributed by atoms with Gasteiger partial charge in [0, 0.05) is 19.3 Å². The van der Waals surface area contributed by atoms with Gasteiger partial charge in [-0.15, -0.1) is 0 Å². The molecule has 0 saturated carbocycles. The third-order valence-corrected chi connectivity index (χ3v) is 4.44. The first-order valence-electron chi connectivity index (χ1n) is 7.77. The van der Waals surface area contributed by atoms with Crippen molar-refractivity contribution in [1.82, 2.24) is 9.88 Å². The quantitative estimate of drug-likeness (QED) is 0.747. The summed E-state index contributed by atoms with van der Waals surface area (Å²) in [6, 6.07) is 3.86. The normalized spacial score (nSPS) is 25.3. The van der Waals surface area contributed by atoms with Gasteiger partial charge < -0.3 is 24.0 Å². The number of hydrogen-bond acceptors (Lipinski definition) is 7. The molecule has 126 valence electrons. The average Bonchev–Trinajstić information content (AvgIpc) is 2.87. The number of esters is 1. The number of carbonyl (C=O) groups excluding carboxylic acids is 1. The number of ether oxygens (including phenoxy) is 3. The number of hydrogen-bond donors (Lipinski definition) is 0. The zero-order valence-electron chi connectivity index (χ0n) is 13.8. The van der Waals surface area contributed by atoms with Crippen molar-refractivity contribution in [1.29, 1.82) is 0 Å². The fourth-order valence-electron chi connectivity index (χ4n) is 2.88. The second kappa shape index (κ2) is 6.82. The molecule has 0 unspecified atom stereocenters. The highest BCUT2D eigenvalue weighted by Gasteiger charge is 2.38. The van der Waals surface area contributed by atoms with Gasteiger partial charge in [-0.05, 0) is 26.2 Å². The van der Waals surface area contributed by atoms with Gasteiger partial charge in [-0.2, -0.15) is 0 Å². The lowest BCUT2D eigenvalue weighted by atomic mass is 10.3. The van der Waals surface area contributed by atoms with E-state index in [-0.39, 0.29) is 18.2 Å². The predicted octanol–water partition coefficient (Wildman–Crippen LogP) is 0.402. The highest BCUT2D eigenvalue weighted by molar-refractivity contribution is 5.89. The van der Waals surface area contributed by atoms with Crippen molar-refractivity contribution in [2.45, 2.75) is 18.2 Å². The van der Waals surface area contributed by atoms with E-state index < -0.39 is 0 Å². The number of carbonyl (C=O) groups is 1. The van der Waals surface area contributed by atoms with Gasteiger partial charge >= 0.3 is 5.97 Å². The Balaban J connectivity index is 1.63. The van der Waals surface area contributed by atoms with E-state index in [1.54, 1.807) is 12.3 Å². The van der Waals surface area contributed by atoms with Crippen LogP contribution in [0.15, 0.2) is 18.3 Å². The Hall–Kier alpha value is -1.70. The van der Waals surface area contributed by atoms with E-state index in [9.17, 15) is 4.79 Å². The Morgan fingerprint density at radius 3 is 2.39 bits per heavy atom. The molecule has 2 aliphatic rings. The van der Waals surface area contributed by atoms with Crippen molar-refractivity contribution in [3.8, 4) is 0 Å². The molecule has 0 amide bonds. The molecule has 2 aliphatic heterocycles. The number of pyridine rings is 1. The molecule has 2 fully saturated rings. The molecule has 0 radical (unpaired) electrons. The van der Waals surface area contributed by atoms with Crippen molar-refractivity contribution in [2.75, 3.05) is 52.4 Å². The summed E-state index contributed by atoms with van der Waals surface area (Å²) >= 11 is 0. The second-order valence-electron chi connectivity index (χ2n) is 6.16. The van der Waals surface area contributed by atoms with Gasteiger partial charge in [0.2, 0.25) is 0 Å². The van der Waals surface area contributed by atoms with Gasteiger partial charge in [0.1, 0.15) is 18.0 Å². The molecule has 0 N–H and O–H groups in total. The Labute approximate surface area is 136 Å². The maximum Gasteiger partial charge on any atom is 0.339 e. The van der Waals surface area contributed by atoms with E-state index in [1.807, 2.05) is 20.2 Å². The van der Waals surface area contributed by atoms with Crippen LogP contribution in [0.3, 0.4) is 0 Å². The standard InChI is InChI=1S/C16H23N3O4/c1-18(2)12-9-22-13-7-19(8-14(13)23-10-12)15-5-4-11(6-17-15)16(20)21-3/h4-6,12-14H,7-10H2,1-3H3/t13-,14-/m0/s1. The van der Waals surface area contributed by atoms with Crippen LogP contribution in [0, 0.1) is 0 Å². The fourth-order valence-corrected chi connectivity index (χ4v) is 2.88. The third kappa shape index (κ3) is 3.46. The van der Waals surface area contributed by atoms with Crippen LogP contribution in [0.2, 0.25) is 0 Å². The third-order valence-electron chi connectivity index (χ3n) is 4.44. The monoisotopic (exact) mass is 321 g/mol. The highest BCUT2D eigenvalue weighted by atomic mass is 16.6. The summed E-state index contributed by atoms with van der Waals surface area (Å²) in [5, 5.41) is 0. The van der Waals surface area contributed by atoms with Crippen LogP contribution in [0.1, 0.15) is 10.4 Å². The molecule has 0 spiro atoms. The fraction of sp³-hybridized carbons (Fsp3) is 0.625. The molecule has 7 nitrogen and oxygen atoms in total. The van der Waals surface area contributed by atoms with Crippen molar-refractivity contribution >= 4 is 11.8 Å². The van der Waals surface area contributed by atoms with Gasteiger partial charge in [0.25, 0.3) is 0 Å². The van der Waals surface area contributed by atoms with Gasteiger partial charge in [0.05, 0.1) is 31.9 Å². The minimum absolute atomic E-state index is 0.0574.